The van der Waals surface area contributed by atoms with Gasteiger partial charge in [-0.3, -0.25) is 4.79 Å². The van der Waals surface area contributed by atoms with Crippen molar-refractivity contribution in [1.29, 1.82) is 0 Å². The first-order valence-corrected chi connectivity index (χ1v) is 7.50. The Kier molecular flexibility index (Phi) is 5.00. The zero-order valence-corrected chi connectivity index (χ0v) is 13.1. The highest BCUT2D eigenvalue weighted by atomic mass is 35.5. The Morgan fingerprint density at radius 2 is 2.05 bits per heavy atom. The molecule has 1 saturated heterocycles. The fourth-order valence-electron chi connectivity index (χ4n) is 2.37. The van der Waals surface area contributed by atoms with E-state index in [0.29, 0.717) is 10.7 Å². The number of rotatable bonds is 3. The Morgan fingerprint density at radius 1 is 1.40 bits per heavy atom. The summed E-state index contributed by atoms with van der Waals surface area (Å²) in [6.07, 6.45) is 2.00. The van der Waals surface area contributed by atoms with E-state index in [0.717, 1.165) is 31.6 Å². The lowest BCUT2D eigenvalue weighted by molar-refractivity contribution is 0.0916. The molecular weight excluding hydrogens is 274 g/mol. The summed E-state index contributed by atoms with van der Waals surface area (Å²) >= 11 is 6.00. The highest BCUT2D eigenvalue weighted by Crippen LogP contribution is 2.18. The Labute approximate surface area is 125 Å². The van der Waals surface area contributed by atoms with Crippen molar-refractivity contribution in [3.63, 3.8) is 0 Å². The Morgan fingerprint density at radius 3 is 2.65 bits per heavy atom. The van der Waals surface area contributed by atoms with Gasteiger partial charge in [0.2, 0.25) is 0 Å². The second-order valence-electron chi connectivity index (χ2n) is 5.81. The average molecular weight is 296 g/mol. The van der Waals surface area contributed by atoms with Gasteiger partial charge < -0.3 is 10.2 Å². The van der Waals surface area contributed by atoms with Crippen LogP contribution in [-0.4, -0.2) is 42.0 Å². The predicted octanol–water partition coefficient (Wildman–Crippen LogP) is 2.68. The molecule has 1 aromatic rings. The van der Waals surface area contributed by atoms with Crippen LogP contribution in [0.2, 0.25) is 5.15 Å². The topological polar surface area (TPSA) is 45.2 Å². The van der Waals surface area contributed by atoms with Gasteiger partial charge in [-0.25, -0.2) is 4.98 Å². The summed E-state index contributed by atoms with van der Waals surface area (Å²) in [6, 6.07) is 3.73. The number of aromatic nitrogens is 1. The summed E-state index contributed by atoms with van der Waals surface area (Å²) in [6.45, 7) is 6.13. The number of amides is 1. The van der Waals surface area contributed by atoms with E-state index in [9.17, 15) is 4.79 Å². The third kappa shape index (κ3) is 3.93. The van der Waals surface area contributed by atoms with E-state index in [2.05, 4.69) is 22.2 Å². The second-order valence-corrected chi connectivity index (χ2v) is 6.20. The molecule has 0 radical (unpaired) electrons. The fourth-order valence-corrected chi connectivity index (χ4v) is 2.58. The molecule has 2 rings (SSSR count). The molecule has 1 amide bonds. The van der Waals surface area contributed by atoms with Gasteiger partial charge >= 0.3 is 0 Å². The standard InChI is InChI=1S/C15H22ClN3O/c1-10(2)13-8-11(9-14(16)18-13)15(20)17-12-4-6-19(3)7-5-12/h8-10,12H,4-7H2,1-3H3,(H,17,20). The number of carbonyl (C=O) groups excluding carboxylic acids is 1. The van der Waals surface area contributed by atoms with E-state index in [4.69, 9.17) is 11.6 Å². The Bertz CT molecular complexity index is 482. The number of likely N-dealkylation sites (tertiary alicyclic amines) is 1. The molecular formula is C15H22ClN3O. The first kappa shape index (κ1) is 15.3. The number of hydrogen-bond acceptors (Lipinski definition) is 3. The molecule has 0 aromatic carbocycles. The van der Waals surface area contributed by atoms with Gasteiger partial charge in [-0.2, -0.15) is 0 Å². The molecule has 0 atom stereocenters. The number of pyridine rings is 1. The summed E-state index contributed by atoms with van der Waals surface area (Å²) in [5, 5.41) is 3.48. The third-order valence-electron chi connectivity index (χ3n) is 3.72. The predicted molar refractivity (Wildman–Crippen MR) is 81.3 cm³/mol. The van der Waals surface area contributed by atoms with Crippen molar-refractivity contribution in [3.05, 3.63) is 28.5 Å². The van der Waals surface area contributed by atoms with Crippen LogP contribution in [-0.2, 0) is 0 Å². The molecule has 2 heterocycles. The lowest BCUT2D eigenvalue weighted by Gasteiger charge is -2.29. The van der Waals surface area contributed by atoms with Gasteiger partial charge in [-0.05, 0) is 51.0 Å². The molecule has 110 valence electrons. The number of halogens is 1. The lowest BCUT2D eigenvalue weighted by atomic mass is 10.0. The first-order chi connectivity index (χ1) is 9.45. The summed E-state index contributed by atoms with van der Waals surface area (Å²) in [4.78, 5) is 18.8. The van der Waals surface area contributed by atoms with Crippen LogP contribution in [0.25, 0.3) is 0 Å². The minimum absolute atomic E-state index is 0.0502. The van der Waals surface area contributed by atoms with E-state index in [1.807, 2.05) is 19.9 Å². The molecule has 1 aliphatic heterocycles. The maximum Gasteiger partial charge on any atom is 0.251 e. The van der Waals surface area contributed by atoms with Crippen LogP contribution >= 0.6 is 11.6 Å². The molecule has 1 aliphatic rings. The van der Waals surface area contributed by atoms with Crippen molar-refractivity contribution in [2.75, 3.05) is 20.1 Å². The van der Waals surface area contributed by atoms with Gasteiger partial charge in [0.15, 0.2) is 0 Å². The maximum absolute atomic E-state index is 12.3. The van der Waals surface area contributed by atoms with Crippen LogP contribution in [0.15, 0.2) is 12.1 Å². The van der Waals surface area contributed by atoms with Crippen LogP contribution in [0.1, 0.15) is 48.7 Å². The number of piperidine rings is 1. The molecule has 0 unspecified atom stereocenters. The Balaban J connectivity index is 2.05. The lowest BCUT2D eigenvalue weighted by Crippen LogP contribution is -2.43. The zero-order chi connectivity index (χ0) is 14.7. The number of nitrogens with zero attached hydrogens (tertiary/aromatic N) is 2. The van der Waals surface area contributed by atoms with Crippen LogP contribution in [0.5, 0.6) is 0 Å². The van der Waals surface area contributed by atoms with Gasteiger partial charge in [0.05, 0.1) is 0 Å². The van der Waals surface area contributed by atoms with Crippen molar-refractivity contribution in [2.45, 2.75) is 38.6 Å². The monoisotopic (exact) mass is 295 g/mol. The Hall–Kier alpha value is -1.13. The minimum Gasteiger partial charge on any atom is -0.349 e. The summed E-state index contributed by atoms with van der Waals surface area (Å²) < 4.78 is 0. The van der Waals surface area contributed by atoms with Crippen molar-refractivity contribution in [2.24, 2.45) is 0 Å². The molecule has 0 aliphatic carbocycles. The molecule has 1 fully saturated rings. The fraction of sp³-hybridized carbons (Fsp3) is 0.600. The van der Waals surface area contributed by atoms with Crippen molar-refractivity contribution in [3.8, 4) is 0 Å². The van der Waals surface area contributed by atoms with Crippen LogP contribution < -0.4 is 5.32 Å². The molecule has 1 N–H and O–H groups in total. The van der Waals surface area contributed by atoms with Crippen LogP contribution in [0.3, 0.4) is 0 Å². The minimum atomic E-state index is -0.0502. The molecule has 4 nitrogen and oxygen atoms in total. The summed E-state index contributed by atoms with van der Waals surface area (Å²) in [7, 11) is 2.11. The highest BCUT2D eigenvalue weighted by Gasteiger charge is 2.20. The smallest absolute Gasteiger partial charge is 0.251 e. The maximum atomic E-state index is 12.3. The van der Waals surface area contributed by atoms with Gasteiger partial charge in [0.25, 0.3) is 5.91 Å². The molecule has 1 aromatic heterocycles. The van der Waals surface area contributed by atoms with Gasteiger partial charge in [0.1, 0.15) is 5.15 Å². The van der Waals surface area contributed by atoms with Crippen molar-refractivity contribution < 1.29 is 4.79 Å². The van der Waals surface area contributed by atoms with Gasteiger partial charge in [-0.15, -0.1) is 0 Å². The number of nitrogens with one attached hydrogen (secondary N) is 1. The van der Waals surface area contributed by atoms with E-state index in [1.165, 1.54) is 0 Å². The SMILES string of the molecule is CC(C)c1cc(C(=O)NC2CCN(C)CC2)cc(Cl)n1. The van der Waals surface area contributed by atoms with E-state index >= 15 is 0 Å². The second kappa shape index (κ2) is 6.55. The largest absolute Gasteiger partial charge is 0.349 e. The van der Waals surface area contributed by atoms with E-state index < -0.39 is 0 Å². The van der Waals surface area contributed by atoms with Crippen LogP contribution in [0, 0.1) is 0 Å². The third-order valence-corrected chi connectivity index (χ3v) is 3.92. The summed E-state index contributed by atoms with van der Waals surface area (Å²) in [5.41, 5.74) is 1.46. The molecule has 0 bridgehead atoms. The van der Waals surface area contributed by atoms with Crippen LogP contribution in [0.4, 0.5) is 0 Å². The average Bonchev–Trinajstić information content (AvgIpc) is 2.40. The number of carbonyl (C=O) groups is 1. The van der Waals surface area contributed by atoms with Gasteiger partial charge in [0, 0.05) is 17.3 Å². The summed E-state index contributed by atoms with van der Waals surface area (Å²) in [5.74, 6) is 0.203. The normalized spacial score (nSPS) is 17.4. The molecule has 5 heteroatoms. The molecule has 0 spiro atoms. The number of hydrogen-bond donors (Lipinski definition) is 1. The van der Waals surface area contributed by atoms with Gasteiger partial charge in [-0.1, -0.05) is 25.4 Å². The van der Waals surface area contributed by atoms with E-state index in [1.54, 1.807) is 6.07 Å². The van der Waals surface area contributed by atoms with E-state index in [-0.39, 0.29) is 17.9 Å². The quantitative estimate of drug-likeness (QED) is 0.872. The highest BCUT2D eigenvalue weighted by molar-refractivity contribution is 6.29. The van der Waals surface area contributed by atoms with Crippen molar-refractivity contribution in [1.82, 2.24) is 15.2 Å². The van der Waals surface area contributed by atoms with Crippen molar-refractivity contribution >= 4 is 17.5 Å². The molecule has 0 saturated carbocycles. The zero-order valence-electron chi connectivity index (χ0n) is 12.3. The molecule has 20 heavy (non-hydrogen) atoms. The first-order valence-electron chi connectivity index (χ1n) is 7.12.